The highest BCUT2D eigenvalue weighted by molar-refractivity contribution is 7.71. The number of benzene rings is 2. The van der Waals surface area contributed by atoms with E-state index in [1.54, 1.807) is 0 Å². The first kappa shape index (κ1) is 21.1. The maximum atomic E-state index is 13.5. The van der Waals surface area contributed by atoms with Gasteiger partial charge in [0, 0.05) is 18.3 Å². The van der Waals surface area contributed by atoms with E-state index in [4.69, 9.17) is 28.6 Å². The molecule has 2 aromatic carbocycles. The lowest BCUT2D eigenvalue weighted by Gasteiger charge is -2.11. The van der Waals surface area contributed by atoms with Crippen LogP contribution >= 0.6 is 23.8 Å². The Morgan fingerprint density at radius 1 is 1.37 bits per heavy atom. The summed E-state index contributed by atoms with van der Waals surface area (Å²) in [6, 6.07) is 7.33. The summed E-state index contributed by atoms with van der Waals surface area (Å²) in [7, 11) is 1.35. The van der Waals surface area contributed by atoms with E-state index < -0.39 is 22.2 Å². The minimum atomic E-state index is -0.755. The average molecular weight is 451 g/mol. The minimum Gasteiger partial charge on any atom is -0.494 e. The number of nitrogens with one attached hydrogen (secondary N) is 1. The number of nitro groups is 1. The van der Waals surface area contributed by atoms with Crippen LogP contribution in [0, 0.1) is 20.7 Å². The molecule has 1 heterocycles. The monoisotopic (exact) mass is 450 g/mol. The fourth-order valence-corrected chi connectivity index (χ4v) is 3.00. The molecule has 3 rings (SSSR count). The number of hydrogen-bond donors (Lipinski definition) is 2. The molecule has 0 unspecified atom stereocenters. The van der Waals surface area contributed by atoms with Crippen LogP contribution in [0.25, 0.3) is 5.69 Å². The lowest BCUT2D eigenvalue weighted by Crippen LogP contribution is -2.18. The van der Waals surface area contributed by atoms with Crippen LogP contribution in [0.1, 0.15) is 5.56 Å². The third-order valence-corrected chi connectivity index (χ3v) is 4.56. The molecule has 3 aromatic rings. The Labute approximate surface area is 177 Å². The van der Waals surface area contributed by atoms with Gasteiger partial charge in [0.15, 0.2) is 4.77 Å². The summed E-state index contributed by atoms with van der Waals surface area (Å²) < 4.78 is 19.5. The molecule has 0 saturated heterocycles. The number of aliphatic imine (C=N–C) groups is 1. The van der Waals surface area contributed by atoms with Crippen molar-refractivity contribution in [1.82, 2.24) is 9.55 Å². The molecule has 0 radical (unpaired) electrons. The maximum Gasteiger partial charge on any atom is 0.271 e. The second kappa shape index (κ2) is 8.43. The van der Waals surface area contributed by atoms with Crippen LogP contribution in [-0.4, -0.2) is 32.9 Å². The van der Waals surface area contributed by atoms with Gasteiger partial charge in [0.05, 0.1) is 22.7 Å². The molecule has 2 N–H and O–H groups in total. The third-order valence-electron chi connectivity index (χ3n) is 3.99. The molecule has 0 spiro atoms. The van der Waals surface area contributed by atoms with Gasteiger partial charge in [-0.2, -0.15) is 0 Å². The lowest BCUT2D eigenvalue weighted by molar-refractivity contribution is -0.384. The van der Waals surface area contributed by atoms with Crippen LogP contribution in [0.3, 0.4) is 0 Å². The number of hydrogen-bond acceptors (Lipinski definition) is 7. The highest BCUT2D eigenvalue weighted by Crippen LogP contribution is 2.31. The normalized spacial score (nSPS) is 11.0. The number of aromatic hydroxyl groups is 1. The van der Waals surface area contributed by atoms with E-state index in [2.05, 4.69) is 9.98 Å². The second-order valence-electron chi connectivity index (χ2n) is 5.80. The summed E-state index contributed by atoms with van der Waals surface area (Å²) in [6.07, 6.45) is 1.01. The molecular weight excluding hydrogens is 439 g/mol. The molecule has 9 nitrogen and oxygen atoms in total. The Morgan fingerprint density at radius 3 is 2.73 bits per heavy atom. The summed E-state index contributed by atoms with van der Waals surface area (Å²) >= 11 is 10.9. The summed E-state index contributed by atoms with van der Waals surface area (Å²) in [5.41, 5.74) is -1.03. The fraction of sp³-hybridized carbons (Fsp3) is 0.0556. The highest BCUT2D eigenvalue weighted by Gasteiger charge is 2.15. The molecule has 1 aromatic heterocycles. The third kappa shape index (κ3) is 4.07. The van der Waals surface area contributed by atoms with Crippen molar-refractivity contribution in [2.24, 2.45) is 4.99 Å². The number of aromatic nitrogens is 2. The number of H-pyrrole nitrogens is 1. The zero-order valence-corrected chi connectivity index (χ0v) is 16.7. The van der Waals surface area contributed by atoms with Crippen LogP contribution in [0.15, 0.2) is 46.2 Å². The Hall–Kier alpha value is -3.57. The van der Waals surface area contributed by atoms with Crippen molar-refractivity contribution in [2.75, 3.05) is 7.11 Å². The lowest BCUT2D eigenvalue weighted by atomic mass is 10.2. The van der Waals surface area contributed by atoms with Gasteiger partial charge in [-0.05, 0) is 36.5 Å². The van der Waals surface area contributed by atoms with Gasteiger partial charge in [0.25, 0.3) is 11.2 Å². The quantitative estimate of drug-likeness (QED) is 0.261. The Kier molecular flexibility index (Phi) is 5.94. The standard InChI is InChI=1S/C18H12ClFN4O5S/c1-29-15-5-3-10(24(27)28)7-14(15)21-8-11-16(25)22-18(30)23(17(11)26)9-2-4-13(20)12(19)6-9/h2-8,26H,1H3,(H,22,25,30). The second-order valence-corrected chi connectivity index (χ2v) is 6.60. The number of halogens is 2. The number of ether oxygens (including phenoxy) is 1. The number of nitrogens with zero attached hydrogens (tertiary/aromatic N) is 3. The maximum absolute atomic E-state index is 13.5. The van der Waals surface area contributed by atoms with Crippen molar-refractivity contribution in [2.45, 2.75) is 0 Å². The SMILES string of the molecule is COc1ccc([N+](=O)[O-])cc1N=Cc1c(O)n(-c2ccc(F)c(Cl)c2)c(=S)[nH]c1=O. The molecule has 0 bridgehead atoms. The minimum absolute atomic E-state index is 0.0596. The van der Waals surface area contributed by atoms with E-state index in [9.17, 15) is 24.4 Å². The number of non-ortho nitro benzene ring substituents is 1. The zero-order chi connectivity index (χ0) is 22.0. The van der Waals surface area contributed by atoms with Crippen molar-refractivity contribution in [1.29, 1.82) is 0 Å². The van der Waals surface area contributed by atoms with Gasteiger partial charge in [-0.1, -0.05) is 11.6 Å². The molecule has 0 saturated carbocycles. The van der Waals surface area contributed by atoms with E-state index in [-0.39, 0.29) is 38.2 Å². The van der Waals surface area contributed by atoms with Crippen LogP contribution in [0.4, 0.5) is 15.8 Å². The zero-order valence-electron chi connectivity index (χ0n) is 15.1. The molecule has 30 heavy (non-hydrogen) atoms. The molecule has 0 aliphatic rings. The molecule has 0 fully saturated rings. The van der Waals surface area contributed by atoms with Gasteiger partial charge in [-0.15, -0.1) is 0 Å². The molecule has 0 atom stereocenters. The van der Waals surface area contributed by atoms with E-state index in [0.29, 0.717) is 0 Å². The topological polar surface area (TPSA) is 123 Å². The first-order valence-corrected chi connectivity index (χ1v) is 8.91. The van der Waals surface area contributed by atoms with Gasteiger partial charge >= 0.3 is 0 Å². The Morgan fingerprint density at radius 2 is 2.10 bits per heavy atom. The molecule has 0 amide bonds. The number of rotatable bonds is 5. The first-order chi connectivity index (χ1) is 14.2. The van der Waals surface area contributed by atoms with Crippen LogP contribution in [0.2, 0.25) is 5.02 Å². The van der Waals surface area contributed by atoms with E-state index in [1.165, 1.54) is 31.4 Å². The molecule has 0 aliphatic carbocycles. The fourth-order valence-electron chi connectivity index (χ4n) is 2.55. The van der Waals surface area contributed by atoms with Crippen LogP contribution in [-0.2, 0) is 0 Å². The number of aromatic amines is 1. The first-order valence-electron chi connectivity index (χ1n) is 8.13. The van der Waals surface area contributed by atoms with E-state index in [0.717, 1.165) is 22.9 Å². The van der Waals surface area contributed by atoms with Gasteiger partial charge in [0.1, 0.15) is 22.8 Å². The van der Waals surface area contributed by atoms with Crippen molar-refractivity contribution in [3.8, 4) is 17.3 Å². The molecular formula is C18H12ClFN4O5S. The van der Waals surface area contributed by atoms with Gasteiger partial charge in [-0.25, -0.2) is 4.39 Å². The molecule has 12 heteroatoms. The predicted octanol–water partition coefficient (Wildman–Crippen LogP) is 4.06. The Bertz CT molecular complexity index is 1300. The van der Waals surface area contributed by atoms with Crippen molar-refractivity contribution in [3.05, 3.63) is 78.0 Å². The summed E-state index contributed by atoms with van der Waals surface area (Å²) in [4.78, 5) is 29.1. The highest BCUT2D eigenvalue weighted by atomic mass is 35.5. The van der Waals surface area contributed by atoms with E-state index >= 15 is 0 Å². The van der Waals surface area contributed by atoms with E-state index in [1.807, 2.05) is 0 Å². The van der Waals surface area contributed by atoms with Crippen molar-refractivity contribution in [3.63, 3.8) is 0 Å². The molecule has 0 aliphatic heterocycles. The summed E-state index contributed by atoms with van der Waals surface area (Å²) in [6.45, 7) is 0. The van der Waals surface area contributed by atoms with Crippen molar-refractivity contribution >= 4 is 41.4 Å². The van der Waals surface area contributed by atoms with Crippen LogP contribution in [0.5, 0.6) is 11.6 Å². The van der Waals surface area contributed by atoms with Gasteiger partial charge < -0.3 is 9.84 Å². The number of methoxy groups -OCH3 is 1. The van der Waals surface area contributed by atoms with Gasteiger partial charge in [-0.3, -0.25) is 29.5 Å². The van der Waals surface area contributed by atoms with Crippen LogP contribution < -0.4 is 10.3 Å². The van der Waals surface area contributed by atoms with Gasteiger partial charge in [0.2, 0.25) is 5.88 Å². The average Bonchev–Trinajstić information content (AvgIpc) is 2.70. The predicted molar refractivity (Wildman–Crippen MR) is 111 cm³/mol. The largest absolute Gasteiger partial charge is 0.494 e. The van der Waals surface area contributed by atoms with Crippen molar-refractivity contribution < 1.29 is 19.2 Å². The summed E-state index contributed by atoms with van der Waals surface area (Å²) in [5, 5.41) is 21.4. The molecule has 154 valence electrons. The summed E-state index contributed by atoms with van der Waals surface area (Å²) in [5.74, 6) is -1.04. The smallest absolute Gasteiger partial charge is 0.271 e. The number of nitro benzene ring substituents is 1. The Balaban J connectivity index is 2.15.